The van der Waals surface area contributed by atoms with Gasteiger partial charge in [-0.25, -0.2) is 4.79 Å². The predicted octanol–water partition coefficient (Wildman–Crippen LogP) is 2.93. The van der Waals surface area contributed by atoms with E-state index in [2.05, 4.69) is 41.4 Å². The molecule has 1 unspecified atom stereocenters. The fraction of sp³-hybridized carbons (Fsp3) is 0.667. The number of urea groups is 1. The lowest BCUT2D eigenvalue weighted by Gasteiger charge is -2.36. The van der Waals surface area contributed by atoms with E-state index in [1.807, 2.05) is 11.0 Å². The van der Waals surface area contributed by atoms with Crippen molar-refractivity contribution in [3.63, 3.8) is 0 Å². The SMILES string of the molecule is CC(CCNC(=O)N1CCC(CN2CCOCC2)CC1)c1ccccc1. The van der Waals surface area contributed by atoms with Gasteiger partial charge in [0, 0.05) is 39.3 Å². The van der Waals surface area contributed by atoms with E-state index in [-0.39, 0.29) is 6.03 Å². The van der Waals surface area contributed by atoms with Crippen LogP contribution in [-0.4, -0.2) is 68.3 Å². The van der Waals surface area contributed by atoms with Gasteiger partial charge in [0.25, 0.3) is 0 Å². The summed E-state index contributed by atoms with van der Waals surface area (Å²) in [6.07, 6.45) is 3.21. The summed E-state index contributed by atoms with van der Waals surface area (Å²) in [6, 6.07) is 10.6. The third kappa shape index (κ3) is 5.71. The van der Waals surface area contributed by atoms with Gasteiger partial charge < -0.3 is 15.0 Å². The molecule has 1 atom stereocenters. The number of nitrogens with one attached hydrogen (secondary N) is 1. The van der Waals surface area contributed by atoms with E-state index in [1.165, 1.54) is 5.56 Å². The minimum absolute atomic E-state index is 0.107. The van der Waals surface area contributed by atoms with E-state index in [0.29, 0.717) is 5.92 Å². The summed E-state index contributed by atoms with van der Waals surface area (Å²) in [5.41, 5.74) is 1.34. The molecular weight excluding hydrogens is 326 g/mol. The highest BCUT2D eigenvalue weighted by Gasteiger charge is 2.24. The Hall–Kier alpha value is -1.59. The molecule has 2 amide bonds. The Balaban J connectivity index is 1.32. The molecule has 1 N–H and O–H groups in total. The summed E-state index contributed by atoms with van der Waals surface area (Å²) < 4.78 is 5.42. The van der Waals surface area contributed by atoms with Gasteiger partial charge in [-0.1, -0.05) is 37.3 Å². The van der Waals surface area contributed by atoms with Crippen LogP contribution in [0.2, 0.25) is 0 Å². The van der Waals surface area contributed by atoms with Gasteiger partial charge in [0.1, 0.15) is 0 Å². The Morgan fingerprint density at radius 3 is 2.54 bits per heavy atom. The van der Waals surface area contributed by atoms with Crippen LogP contribution in [0.1, 0.15) is 37.7 Å². The number of nitrogens with zero attached hydrogens (tertiary/aromatic N) is 2. The molecule has 1 aromatic rings. The van der Waals surface area contributed by atoms with Crippen LogP contribution >= 0.6 is 0 Å². The van der Waals surface area contributed by atoms with Crippen molar-refractivity contribution < 1.29 is 9.53 Å². The third-order valence-corrected chi connectivity index (χ3v) is 5.74. The van der Waals surface area contributed by atoms with Crippen LogP contribution in [-0.2, 0) is 4.74 Å². The van der Waals surface area contributed by atoms with E-state index in [0.717, 1.165) is 77.7 Å². The Morgan fingerprint density at radius 1 is 1.15 bits per heavy atom. The van der Waals surface area contributed by atoms with Gasteiger partial charge in [-0.3, -0.25) is 4.90 Å². The normalized spacial score (nSPS) is 20.7. The number of hydrogen-bond acceptors (Lipinski definition) is 3. The standard InChI is InChI=1S/C21H33N3O2/c1-18(20-5-3-2-4-6-20)7-10-22-21(25)24-11-8-19(9-12-24)17-23-13-15-26-16-14-23/h2-6,18-19H,7-17H2,1H3,(H,22,25). The maximum atomic E-state index is 12.4. The van der Waals surface area contributed by atoms with Crippen molar-refractivity contribution in [1.82, 2.24) is 15.1 Å². The summed E-state index contributed by atoms with van der Waals surface area (Å²) in [7, 11) is 0. The second-order valence-electron chi connectivity index (χ2n) is 7.68. The molecule has 3 rings (SSSR count). The van der Waals surface area contributed by atoms with Crippen molar-refractivity contribution >= 4 is 6.03 Å². The zero-order valence-corrected chi connectivity index (χ0v) is 16.0. The minimum atomic E-state index is 0.107. The minimum Gasteiger partial charge on any atom is -0.379 e. The van der Waals surface area contributed by atoms with Crippen molar-refractivity contribution in [3.05, 3.63) is 35.9 Å². The van der Waals surface area contributed by atoms with Gasteiger partial charge in [-0.15, -0.1) is 0 Å². The molecule has 2 heterocycles. The highest BCUT2D eigenvalue weighted by Crippen LogP contribution is 2.20. The average Bonchev–Trinajstić information content (AvgIpc) is 2.70. The third-order valence-electron chi connectivity index (χ3n) is 5.74. The molecule has 0 radical (unpaired) electrons. The number of carbonyl (C=O) groups excluding carboxylic acids is 1. The zero-order valence-electron chi connectivity index (χ0n) is 16.0. The Kier molecular flexibility index (Phi) is 7.32. The summed E-state index contributed by atoms with van der Waals surface area (Å²) in [5.74, 6) is 1.19. The van der Waals surface area contributed by atoms with Gasteiger partial charge in [0.15, 0.2) is 0 Å². The van der Waals surface area contributed by atoms with Gasteiger partial charge in [0.05, 0.1) is 13.2 Å². The number of ether oxygens (including phenoxy) is 1. The number of benzene rings is 1. The number of morpholine rings is 1. The van der Waals surface area contributed by atoms with E-state index in [1.54, 1.807) is 0 Å². The Morgan fingerprint density at radius 2 is 1.85 bits per heavy atom. The van der Waals surface area contributed by atoms with E-state index in [9.17, 15) is 4.79 Å². The molecule has 0 bridgehead atoms. The molecule has 0 aromatic heterocycles. The lowest BCUT2D eigenvalue weighted by atomic mass is 9.96. The molecule has 2 fully saturated rings. The molecular formula is C21H33N3O2. The number of carbonyl (C=O) groups is 1. The van der Waals surface area contributed by atoms with Crippen molar-refractivity contribution in [1.29, 1.82) is 0 Å². The second-order valence-corrected chi connectivity index (χ2v) is 7.68. The largest absolute Gasteiger partial charge is 0.379 e. The first kappa shape index (κ1) is 19.2. The summed E-state index contributed by atoms with van der Waals surface area (Å²) in [6.45, 7) is 9.73. The first-order chi connectivity index (χ1) is 12.7. The molecule has 0 spiro atoms. The van der Waals surface area contributed by atoms with Crippen LogP contribution in [0.25, 0.3) is 0 Å². The highest BCUT2D eigenvalue weighted by atomic mass is 16.5. The van der Waals surface area contributed by atoms with Gasteiger partial charge in [-0.2, -0.15) is 0 Å². The topological polar surface area (TPSA) is 44.8 Å². The number of hydrogen-bond donors (Lipinski definition) is 1. The smallest absolute Gasteiger partial charge is 0.317 e. The zero-order chi connectivity index (χ0) is 18.2. The summed E-state index contributed by atoms with van der Waals surface area (Å²) in [4.78, 5) is 16.9. The van der Waals surface area contributed by atoms with Crippen LogP contribution in [0.3, 0.4) is 0 Å². The lowest BCUT2D eigenvalue weighted by molar-refractivity contribution is 0.0258. The number of piperidine rings is 1. The molecule has 5 heteroatoms. The van der Waals surface area contributed by atoms with Crippen LogP contribution in [0, 0.1) is 5.92 Å². The second kappa shape index (κ2) is 9.93. The Bertz CT molecular complexity index is 537. The van der Waals surface area contributed by atoms with Crippen molar-refractivity contribution in [2.75, 3.05) is 52.5 Å². The fourth-order valence-corrected chi connectivity index (χ4v) is 3.92. The average molecular weight is 360 g/mol. The molecule has 144 valence electrons. The molecule has 5 nitrogen and oxygen atoms in total. The van der Waals surface area contributed by atoms with Crippen molar-refractivity contribution in [2.45, 2.75) is 32.1 Å². The molecule has 2 saturated heterocycles. The van der Waals surface area contributed by atoms with E-state index >= 15 is 0 Å². The van der Waals surface area contributed by atoms with E-state index in [4.69, 9.17) is 4.74 Å². The molecule has 0 aliphatic carbocycles. The van der Waals surface area contributed by atoms with Gasteiger partial charge in [-0.05, 0) is 36.7 Å². The van der Waals surface area contributed by atoms with Gasteiger partial charge >= 0.3 is 6.03 Å². The van der Waals surface area contributed by atoms with Crippen molar-refractivity contribution in [3.8, 4) is 0 Å². The fourth-order valence-electron chi connectivity index (χ4n) is 3.92. The molecule has 2 aliphatic rings. The first-order valence-corrected chi connectivity index (χ1v) is 10.1. The number of likely N-dealkylation sites (tertiary alicyclic amines) is 1. The van der Waals surface area contributed by atoms with E-state index < -0.39 is 0 Å². The first-order valence-electron chi connectivity index (χ1n) is 10.1. The van der Waals surface area contributed by atoms with Crippen LogP contribution in [0.5, 0.6) is 0 Å². The van der Waals surface area contributed by atoms with Crippen LogP contribution in [0.15, 0.2) is 30.3 Å². The molecule has 26 heavy (non-hydrogen) atoms. The predicted molar refractivity (Wildman–Crippen MR) is 104 cm³/mol. The highest BCUT2D eigenvalue weighted by molar-refractivity contribution is 5.74. The molecule has 2 aliphatic heterocycles. The number of rotatable bonds is 6. The maximum Gasteiger partial charge on any atom is 0.317 e. The van der Waals surface area contributed by atoms with Gasteiger partial charge in [0.2, 0.25) is 0 Å². The quantitative estimate of drug-likeness (QED) is 0.849. The lowest BCUT2D eigenvalue weighted by Crippen LogP contribution is -2.47. The van der Waals surface area contributed by atoms with Crippen LogP contribution in [0.4, 0.5) is 4.79 Å². The monoisotopic (exact) mass is 359 g/mol. The summed E-state index contributed by atoms with van der Waals surface area (Å²) >= 11 is 0. The summed E-state index contributed by atoms with van der Waals surface area (Å²) in [5, 5.41) is 3.11. The number of amides is 2. The van der Waals surface area contributed by atoms with Crippen molar-refractivity contribution in [2.24, 2.45) is 5.92 Å². The molecule has 0 saturated carbocycles. The maximum absolute atomic E-state index is 12.4. The molecule has 1 aromatic carbocycles. The Labute approximate surface area is 157 Å². The van der Waals surface area contributed by atoms with Crippen LogP contribution < -0.4 is 5.32 Å².